The molecule has 0 aliphatic rings. The van der Waals surface area contributed by atoms with Crippen molar-refractivity contribution in [2.45, 2.75) is 13.3 Å². The fourth-order valence-electron chi connectivity index (χ4n) is 0.843. The number of nitrogens with zero attached hydrogens (tertiary/aromatic N) is 2. The van der Waals surface area contributed by atoms with E-state index in [0.29, 0.717) is 0 Å². The van der Waals surface area contributed by atoms with Gasteiger partial charge in [0.15, 0.2) is 6.39 Å². The summed E-state index contributed by atoms with van der Waals surface area (Å²) in [5, 5.41) is 0. The molecular formula is C7H12N2O. The lowest BCUT2D eigenvalue weighted by atomic mass is 10.4. The Balaban J connectivity index is 2.50. The van der Waals surface area contributed by atoms with Gasteiger partial charge in [-0.2, -0.15) is 0 Å². The monoisotopic (exact) mass is 140 g/mol. The fourth-order valence-corrected chi connectivity index (χ4v) is 0.843. The minimum Gasteiger partial charge on any atom is -0.428 e. The van der Waals surface area contributed by atoms with Crippen molar-refractivity contribution >= 4 is 5.88 Å². The molecule has 1 aromatic rings. The Morgan fingerprint density at radius 2 is 2.50 bits per heavy atom. The van der Waals surface area contributed by atoms with Crippen LogP contribution in [0.2, 0.25) is 0 Å². The molecular weight excluding hydrogens is 128 g/mol. The van der Waals surface area contributed by atoms with E-state index in [0.717, 1.165) is 18.8 Å². The third-order valence-electron chi connectivity index (χ3n) is 1.35. The number of rotatable bonds is 3. The number of aromatic nitrogens is 1. The lowest BCUT2D eigenvalue weighted by Crippen LogP contribution is -2.16. The smallest absolute Gasteiger partial charge is 0.215 e. The minimum atomic E-state index is 0.835. The summed E-state index contributed by atoms with van der Waals surface area (Å²) < 4.78 is 5.06. The van der Waals surface area contributed by atoms with E-state index in [-0.39, 0.29) is 0 Å². The first-order valence-electron chi connectivity index (χ1n) is 3.44. The van der Waals surface area contributed by atoms with Gasteiger partial charge >= 0.3 is 0 Å². The van der Waals surface area contributed by atoms with Crippen LogP contribution in [-0.4, -0.2) is 18.6 Å². The summed E-state index contributed by atoms with van der Waals surface area (Å²) in [5.74, 6) is 0.835. The molecule has 10 heavy (non-hydrogen) atoms. The van der Waals surface area contributed by atoms with Gasteiger partial charge in [-0.25, -0.2) is 4.98 Å². The molecule has 0 saturated carbocycles. The highest BCUT2D eigenvalue weighted by atomic mass is 16.4. The fraction of sp³-hybridized carbons (Fsp3) is 0.571. The van der Waals surface area contributed by atoms with Gasteiger partial charge in [0.1, 0.15) is 0 Å². The average molecular weight is 140 g/mol. The molecule has 0 radical (unpaired) electrons. The molecule has 0 bridgehead atoms. The largest absolute Gasteiger partial charge is 0.428 e. The first-order chi connectivity index (χ1) is 4.84. The quantitative estimate of drug-likeness (QED) is 0.637. The zero-order valence-corrected chi connectivity index (χ0v) is 6.37. The lowest BCUT2D eigenvalue weighted by molar-refractivity contribution is 0.546. The third-order valence-corrected chi connectivity index (χ3v) is 1.35. The molecule has 0 N–H and O–H groups in total. The Bertz CT molecular complexity index is 172. The van der Waals surface area contributed by atoms with Gasteiger partial charge in [0.05, 0.1) is 6.20 Å². The molecule has 1 aromatic heterocycles. The summed E-state index contributed by atoms with van der Waals surface area (Å²) in [7, 11) is 1.99. The Morgan fingerprint density at radius 1 is 1.70 bits per heavy atom. The second kappa shape index (κ2) is 3.25. The van der Waals surface area contributed by atoms with Crippen molar-refractivity contribution in [1.82, 2.24) is 4.98 Å². The maximum Gasteiger partial charge on any atom is 0.215 e. The van der Waals surface area contributed by atoms with Gasteiger partial charge in [0, 0.05) is 13.6 Å². The lowest BCUT2D eigenvalue weighted by Gasteiger charge is -2.12. The van der Waals surface area contributed by atoms with Crippen molar-refractivity contribution in [1.29, 1.82) is 0 Å². The van der Waals surface area contributed by atoms with E-state index < -0.39 is 0 Å². The number of oxazole rings is 1. The Morgan fingerprint density at radius 3 is 3.00 bits per heavy atom. The van der Waals surface area contributed by atoms with Crippen molar-refractivity contribution in [3.8, 4) is 0 Å². The molecule has 0 saturated heterocycles. The van der Waals surface area contributed by atoms with Crippen molar-refractivity contribution in [3.63, 3.8) is 0 Å². The maximum atomic E-state index is 5.06. The first kappa shape index (κ1) is 7.12. The molecule has 3 nitrogen and oxygen atoms in total. The van der Waals surface area contributed by atoms with Crippen LogP contribution in [0.3, 0.4) is 0 Å². The van der Waals surface area contributed by atoms with Crippen molar-refractivity contribution in [2.75, 3.05) is 18.5 Å². The summed E-state index contributed by atoms with van der Waals surface area (Å²) in [6.45, 7) is 3.14. The van der Waals surface area contributed by atoms with E-state index >= 15 is 0 Å². The predicted molar refractivity (Wildman–Crippen MR) is 40.1 cm³/mol. The van der Waals surface area contributed by atoms with Crippen molar-refractivity contribution < 1.29 is 4.42 Å². The van der Waals surface area contributed by atoms with E-state index in [1.165, 1.54) is 6.39 Å². The van der Waals surface area contributed by atoms with Gasteiger partial charge in [-0.15, -0.1) is 0 Å². The second-order valence-electron chi connectivity index (χ2n) is 2.26. The zero-order valence-electron chi connectivity index (χ0n) is 6.37. The van der Waals surface area contributed by atoms with Gasteiger partial charge < -0.3 is 9.32 Å². The summed E-state index contributed by atoms with van der Waals surface area (Å²) in [6.07, 6.45) is 4.29. The Labute approximate surface area is 60.7 Å². The van der Waals surface area contributed by atoms with Crippen LogP contribution in [0.15, 0.2) is 17.0 Å². The molecule has 1 heterocycles. The van der Waals surface area contributed by atoms with E-state index in [2.05, 4.69) is 11.9 Å². The van der Waals surface area contributed by atoms with Crippen LogP contribution in [0.5, 0.6) is 0 Å². The molecule has 0 aliphatic heterocycles. The van der Waals surface area contributed by atoms with Crippen molar-refractivity contribution in [2.24, 2.45) is 0 Å². The average Bonchev–Trinajstić information content (AvgIpc) is 2.38. The summed E-state index contributed by atoms with van der Waals surface area (Å²) >= 11 is 0. The van der Waals surface area contributed by atoms with Crippen LogP contribution >= 0.6 is 0 Å². The van der Waals surface area contributed by atoms with Crippen LogP contribution in [-0.2, 0) is 0 Å². The molecule has 0 atom stereocenters. The highest BCUT2D eigenvalue weighted by Gasteiger charge is 2.00. The van der Waals surface area contributed by atoms with Gasteiger partial charge in [-0.05, 0) is 6.42 Å². The minimum absolute atomic E-state index is 0.835. The third kappa shape index (κ3) is 1.50. The summed E-state index contributed by atoms with van der Waals surface area (Å²) in [6, 6.07) is 0. The standard InChI is InChI=1S/C7H12N2O/c1-3-4-9(2)7-5-8-6-10-7/h5-6H,3-4H2,1-2H3. The summed E-state index contributed by atoms with van der Waals surface area (Å²) in [5.41, 5.74) is 0. The normalized spacial score (nSPS) is 9.80. The van der Waals surface area contributed by atoms with Crippen LogP contribution in [0.4, 0.5) is 5.88 Å². The van der Waals surface area contributed by atoms with E-state index in [1.54, 1.807) is 6.20 Å². The number of anilines is 1. The van der Waals surface area contributed by atoms with Gasteiger partial charge in [-0.3, -0.25) is 0 Å². The predicted octanol–water partition coefficient (Wildman–Crippen LogP) is 1.52. The molecule has 0 fully saturated rings. The van der Waals surface area contributed by atoms with Crippen molar-refractivity contribution in [3.05, 3.63) is 12.6 Å². The second-order valence-corrected chi connectivity index (χ2v) is 2.26. The van der Waals surface area contributed by atoms with Gasteiger partial charge in [0.25, 0.3) is 0 Å². The number of hydrogen-bond acceptors (Lipinski definition) is 3. The van der Waals surface area contributed by atoms with Crippen LogP contribution in [0, 0.1) is 0 Å². The van der Waals surface area contributed by atoms with Gasteiger partial charge in [0.2, 0.25) is 5.88 Å². The molecule has 1 rings (SSSR count). The topological polar surface area (TPSA) is 29.3 Å². The highest BCUT2D eigenvalue weighted by molar-refractivity contribution is 5.29. The highest BCUT2D eigenvalue weighted by Crippen LogP contribution is 2.09. The van der Waals surface area contributed by atoms with Crippen LogP contribution in [0.25, 0.3) is 0 Å². The molecule has 0 unspecified atom stereocenters. The molecule has 0 aliphatic carbocycles. The Hall–Kier alpha value is -0.990. The molecule has 0 aromatic carbocycles. The Kier molecular flexibility index (Phi) is 2.31. The zero-order chi connectivity index (χ0) is 7.40. The molecule has 56 valence electrons. The van der Waals surface area contributed by atoms with E-state index in [9.17, 15) is 0 Å². The SMILES string of the molecule is CCCN(C)c1cnco1. The van der Waals surface area contributed by atoms with Crippen LogP contribution < -0.4 is 4.90 Å². The molecule has 0 spiro atoms. The number of hydrogen-bond donors (Lipinski definition) is 0. The maximum absolute atomic E-state index is 5.06. The first-order valence-corrected chi connectivity index (χ1v) is 3.44. The van der Waals surface area contributed by atoms with E-state index in [4.69, 9.17) is 4.42 Å². The molecule has 0 amide bonds. The van der Waals surface area contributed by atoms with E-state index in [1.807, 2.05) is 11.9 Å². The van der Waals surface area contributed by atoms with Gasteiger partial charge in [-0.1, -0.05) is 6.92 Å². The summed E-state index contributed by atoms with van der Waals surface area (Å²) in [4.78, 5) is 5.85. The molecule has 3 heteroatoms. The van der Waals surface area contributed by atoms with Crippen LogP contribution in [0.1, 0.15) is 13.3 Å².